The standard InChI is InChI=1S/C19H20F2N2O2/c20-17-7-6-15(10-18(17)21)23-9-8-14(12-23)11-22-19(24)13-25-16-4-2-1-3-5-16/h1-7,10,14H,8-9,11-13H2,(H,22,24). The second-order valence-corrected chi connectivity index (χ2v) is 6.10. The minimum Gasteiger partial charge on any atom is -0.484 e. The number of para-hydroxylation sites is 1. The van der Waals surface area contributed by atoms with Gasteiger partial charge in [-0.2, -0.15) is 0 Å². The zero-order valence-electron chi connectivity index (χ0n) is 13.8. The minimum atomic E-state index is -0.842. The number of halogens is 2. The van der Waals surface area contributed by atoms with Gasteiger partial charge in [0.05, 0.1) is 0 Å². The van der Waals surface area contributed by atoms with Crippen LogP contribution in [0, 0.1) is 17.6 Å². The fourth-order valence-electron chi connectivity index (χ4n) is 2.89. The fraction of sp³-hybridized carbons (Fsp3) is 0.316. The van der Waals surface area contributed by atoms with E-state index in [1.807, 2.05) is 23.1 Å². The van der Waals surface area contributed by atoms with Gasteiger partial charge in [-0.15, -0.1) is 0 Å². The van der Waals surface area contributed by atoms with Gasteiger partial charge < -0.3 is 15.0 Å². The largest absolute Gasteiger partial charge is 0.484 e. The molecule has 0 radical (unpaired) electrons. The Morgan fingerprint density at radius 3 is 2.72 bits per heavy atom. The molecule has 1 saturated heterocycles. The van der Waals surface area contributed by atoms with Crippen molar-refractivity contribution in [3.05, 3.63) is 60.2 Å². The lowest BCUT2D eigenvalue weighted by Crippen LogP contribution is -2.34. The second kappa shape index (κ2) is 7.96. The van der Waals surface area contributed by atoms with Crippen molar-refractivity contribution < 1.29 is 18.3 Å². The van der Waals surface area contributed by atoms with Crippen LogP contribution < -0.4 is 15.0 Å². The van der Waals surface area contributed by atoms with Crippen molar-refractivity contribution in [2.75, 3.05) is 31.1 Å². The SMILES string of the molecule is O=C(COc1ccccc1)NCC1CCN(c2ccc(F)c(F)c2)C1. The summed E-state index contributed by atoms with van der Waals surface area (Å²) in [6.45, 7) is 1.97. The molecule has 2 aromatic rings. The number of carbonyl (C=O) groups excluding carboxylic acids is 1. The lowest BCUT2D eigenvalue weighted by Gasteiger charge is -2.19. The third-order valence-corrected chi connectivity index (χ3v) is 4.26. The van der Waals surface area contributed by atoms with Crippen LogP contribution >= 0.6 is 0 Å². The molecule has 132 valence electrons. The molecule has 1 aliphatic rings. The first-order chi connectivity index (χ1) is 12.1. The van der Waals surface area contributed by atoms with E-state index in [2.05, 4.69) is 5.32 Å². The third-order valence-electron chi connectivity index (χ3n) is 4.26. The fourth-order valence-corrected chi connectivity index (χ4v) is 2.89. The molecule has 1 atom stereocenters. The Kier molecular flexibility index (Phi) is 5.48. The quantitative estimate of drug-likeness (QED) is 0.874. The second-order valence-electron chi connectivity index (χ2n) is 6.10. The maximum atomic E-state index is 13.3. The molecule has 4 nitrogen and oxygen atoms in total. The summed E-state index contributed by atoms with van der Waals surface area (Å²) in [7, 11) is 0. The van der Waals surface area contributed by atoms with Gasteiger partial charge in [-0.25, -0.2) is 8.78 Å². The summed E-state index contributed by atoms with van der Waals surface area (Å²) in [6, 6.07) is 13.1. The number of nitrogens with one attached hydrogen (secondary N) is 1. The van der Waals surface area contributed by atoms with E-state index in [0.717, 1.165) is 19.0 Å². The molecule has 1 fully saturated rings. The van der Waals surface area contributed by atoms with Gasteiger partial charge in [0.1, 0.15) is 5.75 Å². The van der Waals surface area contributed by atoms with E-state index in [4.69, 9.17) is 4.74 Å². The molecule has 0 spiro atoms. The van der Waals surface area contributed by atoms with E-state index in [1.54, 1.807) is 18.2 Å². The molecule has 25 heavy (non-hydrogen) atoms. The summed E-state index contributed by atoms with van der Waals surface area (Å²) in [4.78, 5) is 13.9. The Labute approximate surface area is 145 Å². The van der Waals surface area contributed by atoms with Gasteiger partial charge in [0.25, 0.3) is 5.91 Å². The van der Waals surface area contributed by atoms with E-state index in [-0.39, 0.29) is 18.4 Å². The van der Waals surface area contributed by atoms with Crippen molar-refractivity contribution in [3.63, 3.8) is 0 Å². The molecule has 0 saturated carbocycles. The van der Waals surface area contributed by atoms with Gasteiger partial charge in [0, 0.05) is 31.4 Å². The zero-order valence-corrected chi connectivity index (χ0v) is 13.8. The Bertz CT molecular complexity index is 725. The Morgan fingerprint density at radius 1 is 1.16 bits per heavy atom. The molecular weight excluding hydrogens is 326 g/mol. The first-order valence-corrected chi connectivity index (χ1v) is 8.26. The molecule has 3 rings (SSSR count). The number of anilines is 1. The van der Waals surface area contributed by atoms with E-state index < -0.39 is 11.6 Å². The number of benzene rings is 2. The number of ether oxygens (including phenoxy) is 1. The highest BCUT2D eigenvalue weighted by molar-refractivity contribution is 5.77. The summed E-state index contributed by atoms with van der Waals surface area (Å²) >= 11 is 0. The van der Waals surface area contributed by atoms with Crippen LogP contribution in [0.15, 0.2) is 48.5 Å². The van der Waals surface area contributed by atoms with Crippen LogP contribution in [0.5, 0.6) is 5.75 Å². The van der Waals surface area contributed by atoms with E-state index in [0.29, 0.717) is 24.5 Å². The van der Waals surface area contributed by atoms with Gasteiger partial charge >= 0.3 is 0 Å². The molecule has 0 aromatic heterocycles. The van der Waals surface area contributed by atoms with Crippen molar-refractivity contribution in [2.24, 2.45) is 5.92 Å². The molecule has 1 N–H and O–H groups in total. The lowest BCUT2D eigenvalue weighted by molar-refractivity contribution is -0.123. The van der Waals surface area contributed by atoms with Crippen LogP contribution in [0.25, 0.3) is 0 Å². The number of hydrogen-bond acceptors (Lipinski definition) is 3. The Hall–Kier alpha value is -2.63. The van der Waals surface area contributed by atoms with Crippen molar-refractivity contribution >= 4 is 11.6 Å². The average Bonchev–Trinajstić information content (AvgIpc) is 3.10. The van der Waals surface area contributed by atoms with Crippen LogP contribution in [0.4, 0.5) is 14.5 Å². The molecule has 1 aliphatic heterocycles. The van der Waals surface area contributed by atoms with Crippen LogP contribution in [0.3, 0.4) is 0 Å². The molecule has 1 heterocycles. The maximum Gasteiger partial charge on any atom is 0.257 e. The first kappa shape index (κ1) is 17.2. The summed E-state index contributed by atoms with van der Waals surface area (Å²) < 4.78 is 31.7. The highest BCUT2D eigenvalue weighted by Crippen LogP contribution is 2.25. The number of amides is 1. The maximum absolute atomic E-state index is 13.3. The predicted molar refractivity (Wildman–Crippen MR) is 91.6 cm³/mol. The van der Waals surface area contributed by atoms with Gasteiger partial charge in [-0.05, 0) is 36.6 Å². The number of rotatable bonds is 6. The van der Waals surface area contributed by atoms with Crippen LogP contribution in [-0.2, 0) is 4.79 Å². The number of nitrogens with zero attached hydrogens (tertiary/aromatic N) is 1. The zero-order chi connectivity index (χ0) is 17.6. The molecule has 0 aliphatic carbocycles. The molecule has 6 heteroatoms. The minimum absolute atomic E-state index is 0.0242. The summed E-state index contributed by atoms with van der Waals surface area (Å²) in [6.07, 6.45) is 0.888. The number of carbonyl (C=O) groups is 1. The average molecular weight is 346 g/mol. The number of hydrogen-bond donors (Lipinski definition) is 1. The van der Waals surface area contributed by atoms with Crippen molar-refractivity contribution in [1.29, 1.82) is 0 Å². The summed E-state index contributed by atoms with van der Waals surface area (Å²) in [5, 5.41) is 2.86. The molecular formula is C19H20F2N2O2. The van der Waals surface area contributed by atoms with E-state index in [9.17, 15) is 13.6 Å². The monoisotopic (exact) mass is 346 g/mol. The van der Waals surface area contributed by atoms with Crippen LogP contribution in [0.1, 0.15) is 6.42 Å². The van der Waals surface area contributed by atoms with Crippen molar-refractivity contribution in [2.45, 2.75) is 6.42 Å². The summed E-state index contributed by atoms with van der Waals surface area (Å²) in [5.74, 6) is -0.926. The normalized spacial score (nSPS) is 16.7. The lowest BCUT2D eigenvalue weighted by atomic mass is 10.1. The predicted octanol–water partition coefficient (Wildman–Crippen LogP) is 2.99. The first-order valence-electron chi connectivity index (χ1n) is 8.26. The third kappa shape index (κ3) is 4.68. The van der Waals surface area contributed by atoms with Gasteiger partial charge in [0.15, 0.2) is 18.2 Å². The molecule has 0 bridgehead atoms. The smallest absolute Gasteiger partial charge is 0.257 e. The molecule has 1 amide bonds. The topological polar surface area (TPSA) is 41.6 Å². The van der Waals surface area contributed by atoms with Gasteiger partial charge in [-0.3, -0.25) is 4.79 Å². The van der Waals surface area contributed by atoms with Crippen molar-refractivity contribution in [3.8, 4) is 5.75 Å². The highest BCUT2D eigenvalue weighted by Gasteiger charge is 2.23. The van der Waals surface area contributed by atoms with Crippen LogP contribution in [0.2, 0.25) is 0 Å². The Balaban J connectivity index is 1.42. The van der Waals surface area contributed by atoms with Crippen LogP contribution in [-0.4, -0.2) is 32.1 Å². The molecule has 1 unspecified atom stereocenters. The van der Waals surface area contributed by atoms with Crippen molar-refractivity contribution in [1.82, 2.24) is 5.32 Å². The van der Waals surface area contributed by atoms with Gasteiger partial charge in [0.2, 0.25) is 0 Å². The van der Waals surface area contributed by atoms with Gasteiger partial charge in [-0.1, -0.05) is 18.2 Å². The van der Waals surface area contributed by atoms with E-state index >= 15 is 0 Å². The Morgan fingerprint density at radius 2 is 1.96 bits per heavy atom. The highest BCUT2D eigenvalue weighted by atomic mass is 19.2. The molecule has 2 aromatic carbocycles. The van der Waals surface area contributed by atoms with E-state index in [1.165, 1.54) is 6.07 Å². The summed E-state index contributed by atoms with van der Waals surface area (Å²) in [5.41, 5.74) is 0.667.